The third kappa shape index (κ3) is 3.07. The Morgan fingerprint density at radius 1 is 1.25 bits per heavy atom. The summed E-state index contributed by atoms with van der Waals surface area (Å²) >= 11 is 0. The first kappa shape index (κ1) is 13.9. The SMILES string of the molecule is CNc1cc(COc2c(C)cc(C#N)cc2C)ccn1. The van der Waals surface area contributed by atoms with Gasteiger partial charge in [0.1, 0.15) is 18.2 Å². The van der Waals surface area contributed by atoms with Gasteiger partial charge in [0.05, 0.1) is 11.6 Å². The average Bonchev–Trinajstić information content (AvgIpc) is 2.46. The average molecular weight is 267 g/mol. The van der Waals surface area contributed by atoms with E-state index in [4.69, 9.17) is 10.00 Å². The molecule has 0 amide bonds. The van der Waals surface area contributed by atoms with Gasteiger partial charge in [-0.2, -0.15) is 5.26 Å². The Morgan fingerprint density at radius 2 is 1.95 bits per heavy atom. The summed E-state index contributed by atoms with van der Waals surface area (Å²) in [6, 6.07) is 9.71. The minimum atomic E-state index is 0.477. The van der Waals surface area contributed by atoms with E-state index in [1.165, 1.54) is 0 Å². The third-order valence-corrected chi connectivity index (χ3v) is 3.05. The predicted molar refractivity (Wildman–Crippen MR) is 78.7 cm³/mol. The van der Waals surface area contributed by atoms with E-state index >= 15 is 0 Å². The van der Waals surface area contributed by atoms with Crippen molar-refractivity contribution >= 4 is 5.82 Å². The van der Waals surface area contributed by atoms with E-state index in [0.717, 1.165) is 28.3 Å². The van der Waals surface area contributed by atoms with Crippen molar-refractivity contribution in [1.29, 1.82) is 5.26 Å². The number of rotatable bonds is 4. The minimum absolute atomic E-state index is 0.477. The number of hydrogen-bond acceptors (Lipinski definition) is 4. The first-order valence-electron chi connectivity index (χ1n) is 6.41. The zero-order valence-corrected chi connectivity index (χ0v) is 11.9. The maximum atomic E-state index is 8.94. The van der Waals surface area contributed by atoms with Crippen molar-refractivity contribution < 1.29 is 4.74 Å². The fourth-order valence-corrected chi connectivity index (χ4v) is 2.10. The molecule has 102 valence electrons. The Kier molecular flexibility index (Phi) is 4.21. The summed E-state index contributed by atoms with van der Waals surface area (Å²) in [5, 5.41) is 11.9. The van der Waals surface area contributed by atoms with Crippen LogP contribution in [0.3, 0.4) is 0 Å². The van der Waals surface area contributed by atoms with Crippen molar-refractivity contribution in [3.63, 3.8) is 0 Å². The van der Waals surface area contributed by atoms with Gasteiger partial charge in [0.25, 0.3) is 0 Å². The van der Waals surface area contributed by atoms with Crippen LogP contribution in [-0.2, 0) is 6.61 Å². The summed E-state index contributed by atoms with van der Waals surface area (Å²) in [5.41, 5.74) is 3.66. The number of nitrogens with one attached hydrogen (secondary N) is 1. The Balaban J connectivity index is 2.17. The Bertz CT molecular complexity index is 636. The highest BCUT2D eigenvalue weighted by molar-refractivity contribution is 5.47. The van der Waals surface area contributed by atoms with Gasteiger partial charge in [0.15, 0.2) is 0 Å². The molecule has 0 saturated carbocycles. The predicted octanol–water partition coefficient (Wildman–Crippen LogP) is 3.19. The summed E-state index contributed by atoms with van der Waals surface area (Å²) in [6.45, 7) is 4.38. The number of nitrogens with zero attached hydrogens (tertiary/aromatic N) is 2. The topological polar surface area (TPSA) is 57.9 Å². The first-order valence-corrected chi connectivity index (χ1v) is 6.41. The van der Waals surface area contributed by atoms with Crippen molar-refractivity contribution in [1.82, 2.24) is 4.98 Å². The van der Waals surface area contributed by atoms with Gasteiger partial charge in [0.2, 0.25) is 0 Å². The molecule has 4 heteroatoms. The fourth-order valence-electron chi connectivity index (χ4n) is 2.10. The van der Waals surface area contributed by atoms with Gasteiger partial charge in [-0.1, -0.05) is 0 Å². The third-order valence-electron chi connectivity index (χ3n) is 3.05. The van der Waals surface area contributed by atoms with Crippen LogP contribution in [0.4, 0.5) is 5.82 Å². The highest BCUT2D eigenvalue weighted by Crippen LogP contribution is 2.25. The van der Waals surface area contributed by atoms with Crippen LogP contribution >= 0.6 is 0 Å². The van der Waals surface area contributed by atoms with E-state index in [9.17, 15) is 0 Å². The quantitative estimate of drug-likeness (QED) is 0.924. The molecule has 0 fully saturated rings. The minimum Gasteiger partial charge on any atom is -0.488 e. The number of hydrogen-bond donors (Lipinski definition) is 1. The summed E-state index contributed by atoms with van der Waals surface area (Å²) in [4.78, 5) is 4.17. The van der Waals surface area contributed by atoms with Gasteiger partial charge < -0.3 is 10.1 Å². The molecular formula is C16H17N3O. The van der Waals surface area contributed by atoms with E-state index < -0.39 is 0 Å². The highest BCUT2D eigenvalue weighted by atomic mass is 16.5. The normalized spacial score (nSPS) is 9.90. The first-order chi connectivity index (χ1) is 9.63. The number of aromatic nitrogens is 1. The summed E-state index contributed by atoms with van der Waals surface area (Å²) in [5.74, 6) is 1.66. The van der Waals surface area contributed by atoms with Crippen LogP contribution < -0.4 is 10.1 Å². The molecule has 0 bridgehead atoms. The van der Waals surface area contributed by atoms with Gasteiger partial charge in [-0.05, 0) is 54.8 Å². The molecule has 1 aromatic carbocycles. The molecule has 4 nitrogen and oxygen atoms in total. The lowest BCUT2D eigenvalue weighted by molar-refractivity contribution is 0.302. The molecule has 0 aliphatic rings. The van der Waals surface area contributed by atoms with Crippen LogP contribution in [0.2, 0.25) is 0 Å². The van der Waals surface area contributed by atoms with Crippen LogP contribution in [0.15, 0.2) is 30.5 Å². The Morgan fingerprint density at radius 3 is 2.55 bits per heavy atom. The molecule has 20 heavy (non-hydrogen) atoms. The fraction of sp³-hybridized carbons (Fsp3) is 0.250. The zero-order chi connectivity index (χ0) is 14.5. The Labute approximate surface area is 119 Å². The van der Waals surface area contributed by atoms with Crippen LogP contribution in [0.1, 0.15) is 22.3 Å². The maximum absolute atomic E-state index is 8.94. The van der Waals surface area contributed by atoms with Crippen molar-refractivity contribution in [3.05, 3.63) is 52.7 Å². The molecule has 1 heterocycles. The van der Waals surface area contributed by atoms with Crippen LogP contribution in [0.5, 0.6) is 5.75 Å². The number of pyridine rings is 1. The molecule has 0 saturated heterocycles. The molecule has 0 atom stereocenters. The smallest absolute Gasteiger partial charge is 0.126 e. The lowest BCUT2D eigenvalue weighted by atomic mass is 10.1. The van der Waals surface area contributed by atoms with E-state index in [1.807, 2.05) is 45.2 Å². The molecule has 0 unspecified atom stereocenters. The van der Waals surface area contributed by atoms with Gasteiger partial charge in [-0.25, -0.2) is 4.98 Å². The number of ether oxygens (including phenoxy) is 1. The molecule has 1 N–H and O–H groups in total. The number of anilines is 1. The largest absolute Gasteiger partial charge is 0.488 e. The van der Waals surface area contributed by atoms with Gasteiger partial charge in [0, 0.05) is 13.2 Å². The van der Waals surface area contributed by atoms with Gasteiger partial charge in [-0.3, -0.25) is 0 Å². The summed E-state index contributed by atoms with van der Waals surface area (Å²) in [7, 11) is 1.84. The highest BCUT2D eigenvalue weighted by Gasteiger charge is 2.07. The van der Waals surface area contributed by atoms with E-state index in [2.05, 4.69) is 16.4 Å². The molecular weight excluding hydrogens is 250 g/mol. The number of aryl methyl sites for hydroxylation is 2. The summed E-state index contributed by atoms with van der Waals surface area (Å²) in [6.07, 6.45) is 1.75. The molecule has 0 aliphatic heterocycles. The van der Waals surface area contributed by atoms with E-state index in [-0.39, 0.29) is 0 Å². The maximum Gasteiger partial charge on any atom is 0.126 e. The lowest BCUT2D eigenvalue weighted by Crippen LogP contribution is -2.01. The van der Waals surface area contributed by atoms with Gasteiger partial charge in [-0.15, -0.1) is 0 Å². The standard InChI is InChI=1S/C16H17N3O/c1-11-6-14(9-17)7-12(2)16(11)20-10-13-4-5-19-15(8-13)18-3/h4-8H,10H2,1-3H3,(H,18,19). The molecule has 0 aliphatic carbocycles. The zero-order valence-electron chi connectivity index (χ0n) is 11.9. The lowest BCUT2D eigenvalue weighted by Gasteiger charge is -2.13. The van der Waals surface area contributed by atoms with E-state index in [1.54, 1.807) is 6.20 Å². The second kappa shape index (κ2) is 6.07. The van der Waals surface area contributed by atoms with Crippen molar-refractivity contribution in [2.24, 2.45) is 0 Å². The molecule has 0 spiro atoms. The van der Waals surface area contributed by atoms with Crippen LogP contribution in [0, 0.1) is 25.2 Å². The molecule has 0 radical (unpaired) electrons. The number of benzene rings is 1. The monoisotopic (exact) mass is 267 g/mol. The Hall–Kier alpha value is -2.54. The second-order valence-electron chi connectivity index (χ2n) is 4.64. The van der Waals surface area contributed by atoms with Crippen molar-refractivity contribution in [2.75, 3.05) is 12.4 Å². The second-order valence-corrected chi connectivity index (χ2v) is 4.64. The van der Waals surface area contributed by atoms with Crippen molar-refractivity contribution in [2.45, 2.75) is 20.5 Å². The number of nitriles is 1. The van der Waals surface area contributed by atoms with Crippen LogP contribution in [-0.4, -0.2) is 12.0 Å². The molecule has 2 rings (SSSR count). The van der Waals surface area contributed by atoms with E-state index in [0.29, 0.717) is 12.2 Å². The van der Waals surface area contributed by atoms with Gasteiger partial charge >= 0.3 is 0 Å². The molecule has 2 aromatic rings. The van der Waals surface area contributed by atoms with Crippen molar-refractivity contribution in [3.8, 4) is 11.8 Å². The molecule has 1 aromatic heterocycles. The van der Waals surface area contributed by atoms with Crippen LogP contribution in [0.25, 0.3) is 0 Å². The summed E-state index contributed by atoms with van der Waals surface area (Å²) < 4.78 is 5.89.